The van der Waals surface area contributed by atoms with Crippen LogP contribution >= 0.6 is 0 Å². The number of carbonyl (C=O) groups excluding carboxylic acids is 6. The molecule has 3 rings (SSSR count). The minimum atomic E-state index is -1.39. The maximum Gasteiger partial charge on any atom is 0.303 e. The first-order valence-electron chi connectivity index (χ1n) is 14.0. The quantitative estimate of drug-likeness (QED) is 0.268. The monoisotopic (exact) mass is 578 g/mol. The molecule has 11 heteroatoms. The zero-order chi connectivity index (χ0) is 31.1. The van der Waals surface area contributed by atoms with Gasteiger partial charge < -0.3 is 23.7 Å². The molecule has 0 radical (unpaired) electrons. The lowest BCUT2D eigenvalue weighted by atomic mass is 9.58. The van der Waals surface area contributed by atoms with Crippen LogP contribution in [-0.2, 0) is 52.5 Å². The van der Waals surface area contributed by atoms with E-state index in [0.29, 0.717) is 18.4 Å². The lowest BCUT2D eigenvalue weighted by Gasteiger charge is -2.50. The Bertz CT molecular complexity index is 1140. The summed E-state index contributed by atoms with van der Waals surface area (Å²) in [6, 6.07) is 0. The van der Waals surface area contributed by atoms with Gasteiger partial charge in [-0.25, -0.2) is 0 Å². The van der Waals surface area contributed by atoms with E-state index in [0.717, 1.165) is 0 Å². The molecule has 3 fully saturated rings. The Morgan fingerprint density at radius 3 is 1.80 bits per heavy atom. The van der Waals surface area contributed by atoms with Gasteiger partial charge in [0, 0.05) is 58.8 Å². The Labute approximate surface area is 240 Å². The van der Waals surface area contributed by atoms with Crippen molar-refractivity contribution < 1.29 is 52.5 Å². The van der Waals surface area contributed by atoms with Crippen LogP contribution in [0.1, 0.15) is 87.5 Å². The minimum Gasteiger partial charge on any atom is -0.461 e. The number of carbonyl (C=O) groups is 6. The average Bonchev–Trinajstić information content (AvgIpc) is 2.93. The number of hydrogen-bond donors (Lipinski definition) is 0. The largest absolute Gasteiger partial charge is 0.461 e. The Hall–Kier alpha value is -3.24. The van der Waals surface area contributed by atoms with Gasteiger partial charge in [0.15, 0.2) is 11.9 Å². The molecule has 0 aromatic heterocycles. The Balaban J connectivity index is 2.30. The van der Waals surface area contributed by atoms with Gasteiger partial charge in [-0.05, 0) is 51.5 Å². The molecule has 2 bridgehead atoms. The third-order valence-electron chi connectivity index (χ3n) is 9.04. The molecular formula is C30H42O11. The first-order chi connectivity index (χ1) is 18.8. The van der Waals surface area contributed by atoms with Gasteiger partial charge >= 0.3 is 29.8 Å². The SMILES string of the molecule is C=C1[C@@H](OC(C)=O)C[C@H](OC(C)=O)C(C)(C)C(=O)[C@H](OC(C)=O)C[C@]23C[C@@](C)(OC(C)=O)[C@H](CC[C@@H]12)[C@H]3OC(C)=O. The van der Waals surface area contributed by atoms with Crippen molar-refractivity contribution in [3.63, 3.8) is 0 Å². The molecular weight excluding hydrogens is 536 g/mol. The smallest absolute Gasteiger partial charge is 0.303 e. The molecule has 0 aliphatic heterocycles. The molecule has 0 amide bonds. The molecule has 0 saturated heterocycles. The molecule has 3 aliphatic rings. The number of hydrogen-bond acceptors (Lipinski definition) is 11. The van der Waals surface area contributed by atoms with Crippen molar-refractivity contribution in [3.8, 4) is 0 Å². The number of fused-ring (bicyclic) bond motifs is 1. The number of rotatable bonds is 5. The fraction of sp³-hybridized carbons (Fsp3) is 0.733. The normalized spacial score (nSPS) is 36.3. The molecule has 41 heavy (non-hydrogen) atoms. The van der Waals surface area contributed by atoms with Gasteiger partial charge in [0.1, 0.15) is 23.9 Å². The third-order valence-corrected chi connectivity index (χ3v) is 9.04. The molecule has 0 unspecified atom stereocenters. The molecule has 3 aliphatic carbocycles. The summed E-state index contributed by atoms with van der Waals surface area (Å²) >= 11 is 0. The predicted molar refractivity (Wildman–Crippen MR) is 143 cm³/mol. The van der Waals surface area contributed by atoms with Crippen molar-refractivity contribution in [2.24, 2.45) is 22.7 Å². The summed E-state index contributed by atoms with van der Waals surface area (Å²) in [5.41, 5.74) is -3.04. The van der Waals surface area contributed by atoms with Gasteiger partial charge in [-0.15, -0.1) is 0 Å². The second kappa shape index (κ2) is 11.6. The van der Waals surface area contributed by atoms with Crippen LogP contribution in [-0.4, -0.2) is 65.6 Å². The summed E-state index contributed by atoms with van der Waals surface area (Å²) in [6.07, 6.45) is -3.14. The van der Waals surface area contributed by atoms with E-state index in [9.17, 15) is 28.8 Å². The van der Waals surface area contributed by atoms with E-state index < -0.39 is 88.3 Å². The zero-order valence-electron chi connectivity index (χ0n) is 25.2. The van der Waals surface area contributed by atoms with Crippen LogP contribution in [0, 0.1) is 22.7 Å². The molecule has 0 aromatic rings. The highest BCUT2D eigenvalue weighted by Gasteiger charge is 2.69. The topological polar surface area (TPSA) is 149 Å². The Morgan fingerprint density at radius 1 is 0.756 bits per heavy atom. The summed E-state index contributed by atoms with van der Waals surface area (Å²) < 4.78 is 28.8. The molecule has 228 valence electrons. The fourth-order valence-corrected chi connectivity index (χ4v) is 7.61. The van der Waals surface area contributed by atoms with Gasteiger partial charge in [-0.3, -0.25) is 28.8 Å². The van der Waals surface area contributed by atoms with Crippen LogP contribution in [0.4, 0.5) is 0 Å². The molecule has 0 aromatic carbocycles. The third kappa shape index (κ3) is 6.33. The van der Waals surface area contributed by atoms with Gasteiger partial charge in [-0.2, -0.15) is 0 Å². The summed E-state index contributed by atoms with van der Waals surface area (Å²) in [6.45, 7) is 15.5. The van der Waals surface area contributed by atoms with Gasteiger partial charge in [0.25, 0.3) is 0 Å². The van der Waals surface area contributed by atoms with Gasteiger partial charge in [0.05, 0.1) is 5.41 Å². The van der Waals surface area contributed by atoms with Gasteiger partial charge in [0.2, 0.25) is 0 Å². The maximum atomic E-state index is 14.2. The number of Topliss-reactive ketones (excluding diaryl/α,β-unsaturated/α-hetero) is 1. The molecule has 1 spiro atoms. The molecule has 11 nitrogen and oxygen atoms in total. The van der Waals surface area contributed by atoms with E-state index in [4.69, 9.17) is 23.7 Å². The maximum absolute atomic E-state index is 14.2. The lowest BCUT2D eigenvalue weighted by molar-refractivity contribution is -0.179. The summed E-state index contributed by atoms with van der Waals surface area (Å²) in [5.74, 6) is -4.41. The van der Waals surface area contributed by atoms with Crippen LogP contribution in [0.25, 0.3) is 0 Å². The van der Waals surface area contributed by atoms with Crippen LogP contribution in [0.15, 0.2) is 12.2 Å². The fourth-order valence-electron chi connectivity index (χ4n) is 7.61. The van der Waals surface area contributed by atoms with E-state index in [1.807, 2.05) is 0 Å². The number of ketones is 1. The number of ether oxygens (including phenoxy) is 5. The standard InChI is InChI=1S/C30H42O11/c1-15-21-10-11-22-27(40-19(5)34)30(21,14-29(22,9)41-20(6)35)13-24(38-17(3)32)26(36)28(7,8)25(39-18(4)33)12-23(15)37-16(2)31/h21-25,27H,1,10-14H2,2-9H3/t21-,22+,23-,24+,25-,27+,29+,30-/m0/s1. The van der Waals surface area contributed by atoms with Crippen molar-refractivity contribution in [1.82, 2.24) is 0 Å². The lowest BCUT2D eigenvalue weighted by Crippen LogP contribution is -2.55. The van der Waals surface area contributed by atoms with E-state index in [-0.39, 0.29) is 19.3 Å². The minimum absolute atomic E-state index is 0.0705. The average molecular weight is 579 g/mol. The van der Waals surface area contributed by atoms with Crippen molar-refractivity contribution in [2.75, 3.05) is 0 Å². The van der Waals surface area contributed by atoms with E-state index in [2.05, 4.69) is 6.58 Å². The Kier molecular flexibility index (Phi) is 9.10. The van der Waals surface area contributed by atoms with Crippen LogP contribution in [0.3, 0.4) is 0 Å². The van der Waals surface area contributed by atoms with Crippen LogP contribution in [0.5, 0.6) is 0 Å². The van der Waals surface area contributed by atoms with Crippen molar-refractivity contribution >= 4 is 35.6 Å². The first kappa shape index (κ1) is 32.3. The summed E-state index contributed by atoms with van der Waals surface area (Å²) in [7, 11) is 0. The van der Waals surface area contributed by atoms with Gasteiger partial charge in [-0.1, -0.05) is 6.58 Å². The molecule has 8 atom stereocenters. The predicted octanol–water partition coefficient (Wildman–Crippen LogP) is 3.40. The molecule has 3 saturated carbocycles. The zero-order valence-corrected chi connectivity index (χ0v) is 25.2. The molecule has 0 N–H and O–H groups in total. The second-order valence-corrected chi connectivity index (χ2v) is 12.5. The van der Waals surface area contributed by atoms with Crippen LogP contribution in [0.2, 0.25) is 0 Å². The summed E-state index contributed by atoms with van der Waals surface area (Å²) in [5, 5.41) is 0. The van der Waals surface area contributed by atoms with Crippen molar-refractivity contribution in [1.29, 1.82) is 0 Å². The Morgan fingerprint density at radius 2 is 1.29 bits per heavy atom. The highest BCUT2D eigenvalue weighted by Crippen LogP contribution is 2.65. The van der Waals surface area contributed by atoms with Crippen LogP contribution < -0.4 is 0 Å². The number of esters is 5. The first-order valence-corrected chi connectivity index (χ1v) is 14.0. The highest BCUT2D eigenvalue weighted by molar-refractivity contribution is 5.91. The van der Waals surface area contributed by atoms with Crippen molar-refractivity contribution in [3.05, 3.63) is 12.2 Å². The van der Waals surface area contributed by atoms with E-state index in [1.165, 1.54) is 34.6 Å². The second-order valence-electron chi connectivity index (χ2n) is 12.5. The molecule has 0 heterocycles. The van der Waals surface area contributed by atoms with Crippen molar-refractivity contribution in [2.45, 2.75) is 118 Å². The van der Waals surface area contributed by atoms with E-state index >= 15 is 0 Å². The van der Waals surface area contributed by atoms with E-state index in [1.54, 1.807) is 20.8 Å². The highest BCUT2D eigenvalue weighted by atomic mass is 16.6. The summed E-state index contributed by atoms with van der Waals surface area (Å²) in [4.78, 5) is 75.7.